The number of imidazole rings is 1. The highest BCUT2D eigenvalue weighted by Gasteiger charge is 2.18. The molecule has 1 aromatic heterocycles. The molecule has 0 fully saturated rings. The van der Waals surface area contributed by atoms with Gasteiger partial charge in [0.2, 0.25) is 0 Å². The molecule has 0 N–H and O–H groups in total. The number of aryl methyl sites for hydroxylation is 1. The van der Waals surface area contributed by atoms with Crippen LogP contribution < -0.4 is 0 Å². The largest absolute Gasteiger partial charge is 0.337 e. The molecule has 0 radical (unpaired) electrons. The lowest BCUT2D eigenvalue weighted by Gasteiger charge is -2.26. The molecule has 0 atom stereocenters. The first-order valence-corrected chi connectivity index (χ1v) is 5.89. The van der Waals surface area contributed by atoms with Crippen LogP contribution in [0.1, 0.15) is 30.7 Å². The van der Waals surface area contributed by atoms with Crippen LogP contribution in [0.15, 0.2) is 6.33 Å². The topological polar surface area (TPSA) is 44.9 Å². The van der Waals surface area contributed by atoms with E-state index in [0.717, 1.165) is 38.9 Å². The Morgan fingerprint density at radius 1 is 1.50 bits per heavy atom. The average Bonchev–Trinajstić information content (AvgIpc) is 2.66. The van der Waals surface area contributed by atoms with Crippen molar-refractivity contribution in [3.05, 3.63) is 17.7 Å². The summed E-state index contributed by atoms with van der Waals surface area (Å²) in [5.41, 5.74) is 2.61. The van der Waals surface area contributed by atoms with Gasteiger partial charge in [0.25, 0.3) is 0 Å². The van der Waals surface area contributed by atoms with E-state index < -0.39 is 0 Å². The van der Waals surface area contributed by atoms with E-state index >= 15 is 0 Å². The Labute approximate surface area is 96.5 Å². The molecule has 0 unspecified atom stereocenters. The quantitative estimate of drug-likeness (QED) is 0.719. The predicted molar refractivity (Wildman–Crippen MR) is 61.7 cm³/mol. The fourth-order valence-electron chi connectivity index (χ4n) is 2.24. The Morgan fingerprint density at radius 2 is 2.38 bits per heavy atom. The summed E-state index contributed by atoms with van der Waals surface area (Å²) in [5.74, 6) is 0. The number of nitrogens with zero attached hydrogens (tertiary/aromatic N) is 4. The molecular weight excluding hydrogens is 200 g/mol. The molecule has 0 spiro atoms. The molecule has 0 bridgehead atoms. The zero-order chi connectivity index (χ0) is 11.4. The highest BCUT2D eigenvalue weighted by Crippen LogP contribution is 2.17. The first kappa shape index (κ1) is 11.2. The van der Waals surface area contributed by atoms with E-state index in [4.69, 9.17) is 5.26 Å². The Kier molecular flexibility index (Phi) is 3.58. The molecule has 4 heteroatoms. The van der Waals surface area contributed by atoms with E-state index in [0.29, 0.717) is 6.42 Å². The third-order valence-corrected chi connectivity index (χ3v) is 3.20. The Hall–Kier alpha value is -1.34. The van der Waals surface area contributed by atoms with Gasteiger partial charge >= 0.3 is 0 Å². The maximum Gasteiger partial charge on any atom is 0.0949 e. The first-order valence-electron chi connectivity index (χ1n) is 5.89. The number of nitriles is 1. The number of hydrogen-bond acceptors (Lipinski definition) is 3. The van der Waals surface area contributed by atoms with Crippen LogP contribution in [0.2, 0.25) is 0 Å². The number of unbranched alkanes of at least 4 members (excludes halogenated alkanes) is 2. The summed E-state index contributed by atoms with van der Waals surface area (Å²) in [4.78, 5) is 6.86. The second kappa shape index (κ2) is 5.13. The van der Waals surface area contributed by atoms with Crippen molar-refractivity contribution in [3.63, 3.8) is 0 Å². The van der Waals surface area contributed by atoms with Crippen LogP contribution >= 0.6 is 0 Å². The van der Waals surface area contributed by atoms with Gasteiger partial charge in [-0.25, -0.2) is 4.98 Å². The lowest BCUT2D eigenvalue weighted by atomic mass is 10.1. The van der Waals surface area contributed by atoms with E-state index in [9.17, 15) is 0 Å². The smallest absolute Gasteiger partial charge is 0.0949 e. The van der Waals surface area contributed by atoms with Crippen LogP contribution in [0.3, 0.4) is 0 Å². The Morgan fingerprint density at radius 3 is 3.19 bits per heavy atom. The van der Waals surface area contributed by atoms with Crippen molar-refractivity contribution in [1.29, 1.82) is 5.26 Å². The minimum absolute atomic E-state index is 0.683. The van der Waals surface area contributed by atoms with Gasteiger partial charge in [-0.2, -0.15) is 5.26 Å². The second-order valence-electron chi connectivity index (χ2n) is 4.39. The van der Waals surface area contributed by atoms with E-state index in [-0.39, 0.29) is 0 Å². The zero-order valence-corrected chi connectivity index (χ0v) is 9.82. The van der Waals surface area contributed by atoms with Gasteiger partial charge < -0.3 is 4.57 Å². The summed E-state index contributed by atoms with van der Waals surface area (Å²) in [6.45, 7) is 3.19. The average molecular weight is 218 g/mol. The highest BCUT2D eigenvalue weighted by atomic mass is 15.2. The van der Waals surface area contributed by atoms with Gasteiger partial charge in [0, 0.05) is 38.7 Å². The number of rotatable bonds is 4. The van der Waals surface area contributed by atoms with Crippen LogP contribution in [0.5, 0.6) is 0 Å². The monoisotopic (exact) mass is 218 g/mol. The number of fused-ring (bicyclic) bond motifs is 1. The van der Waals surface area contributed by atoms with Crippen molar-refractivity contribution in [2.45, 2.75) is 32.2 Å². The van der Waals surface area contributed by atoms with Crippen LogP contribution in [0.4, 0.5) is 0 Å². The minimum Gasteiger partial charge on any atom is -0.337 e. The Balaban J connectivity index is 1.82. The normalized spacial score (nSPS) is 15.8. The van der Waals surface area contributed by atoms with Gasteiger partial charge in [-0.3, -0.25) is 4.90 Å². The number of aromatic nitrogens is 2. The fraction of sp³-hybridized carbons (Fsp3) is 0.667. The molecule has 1 aliphatic rings. The molecule has 0 saturated heterocycles. The molecular formula is C12H18N4. The van der Waals surface area contributed by atoms with Crippen molar-refractivity contribution in [2.75, 3.05) is 13.1 Å². The summed E-state index contributed by atoms with van der Waals surface area (Å²) in [6.07, 6.45) is 5.83. The highest BCUT2D eigenvalue weighted by molar-refractivity contribution is 5.16. The van der Waals surface area contributed by atoms with E-state index in [2.05, 4.69) is 27.6 Å². The maximum atomic E-state index is 8.46. The van der Waals surface area contributed by atoms with Gasteiger partial charge in [-0.15, -0.1) is 0 Å². The second-order valence-corrected chi connectivity index (χ2v) is 4.39. The summed E-state index contributed by atoms with van der Waals surface area (Å²) >= 11 is 0. The Bertz CT molecular complexity index is 388. The SMILES string of the molecule is Cn1cnc2c1CCN(CCCCC#N)C2. The molecule has 0 aromatic carbocycles. The van der Waals surface area contributed by atoms with Crippen molar-refractivity contribution < 1.29 is 0 Å². The van der Waals surface area contributed by atoms with Gasteiger partial charge in [0.05, 0.1) is 18.1 Å². The predicted octanol–water partition coefficient (Wildman–Crippen LogP) is 1.47. The number of hydrogen-bond donors (Lipinski definition) is 0. The van der Waals surface area contributed by atoms with Crippen LogP contribution in [0, 0.1) is 11.3 Å². The van der Waals surface area contributed by atoms with E-state index in [1.165, 1.54) is 11.4 Å². The van der Waals surface area contributed by atoms with E-state index in [1.807, 2.05) is 6.33 Å². The van der Waals surface area contributed by atoms with Crippen molar-refractivity contribution in [1.82, 2.24) is 14.5 Å². The summed E-state index contributed by atoms with van der Waals surface area (Å²) in [7, 11) is 2.06. The molecule has 0 saturated carbocycles. The molecule has 16 heavy (non-hydrogen) atoms. The van der Waals surface area contributed by atoms with Gasteiger partial charge in [-0.05, 0) is 19.4 Å². The van der Waals surface area contributed by atoms with Crippen LogP contribution in [0.25, 0.3) is 0 Å². The van der Waals surface area contributed by atoms with Crippen LogP contribution in [-0.4, -0.2) is 27.5 Å². The standard InChI is InChI=1S/C12H18N4/c1-15-10-14-11-9-16(8-5-12(11)15)7-4-2-3-6-13/h10H,2-5,7-9H2,1H3. The fourth-order valence-corrected chi connectivity index (χ4v) is 2.24. The molecule has 2 rings (SSSR count). The molecule has 1 aliphatic heterocycles. The van der Waals surface area contributed by atoms with Gasteiger partial charge in [0.15, 0.2) is 0 Å². The first-order chi connectivity index (χ1) is 7.81. The third kappa shape index (κ3) is 2.42. The van der Waals surface area contributed by atoms with E-state index in [1.54, 1.807) is 0 Å². The van der Waals surface area contributed by atoms with Gasteiger partial charge in [0.1, 0.15) is 0 Å². The van der Waals surface area contributed by atoms with Gasteiger partial charge in [-0.1, -0.05) is 0 Å². The molecule has 0 aliphatic carbocycles. The molecule has 2 heterocycles. The summed E-state index contributed by atoms with van der Waals surface area (Å²) < 4.78 is 2.13. The lowest BCUT2D eigenvalue weighted by Crippen LogP contribution is -2.32. The third-order valence-electron chi connectivity index (χ3n) is 3.20. The zero-order valence-electron chi connectivity index (χ0n) is 9.82. The van der Waals surface area contributed by atoms with Crippen molar-refractivity contribution in [2.24, 2.45) is 7.05 Å². The molecule has 0 amide bonds. The summed E-state index contributed by atoms with van der Waals surface area (Å²) in [5, 5.41) is 8.46. The lowest BCUT2D eigenvalue weighted by molar-refractivity contribution is 0.244. The van der Waals surface area contributed by atoms with Crippen molar-refractivity contribution >= 4 is 0 Å². The molecule has 4 nitrogen and oxygen atoms in total. The summed E-state index contributed by atoms with van der Waals surface area (Å²) in [6, 6.07) is 2.19. The minimum atomic E-state index is 0.683. The molecule has 86 valence electrons. The maximum absolute atomic E-state index is 8.46. The molecule has 1 aromatic rings. The van der Waals surface area contributed by atoms with Crippen molar-refractivity contribution in [3.8, 4) is 6.07 Å². The van der Waals surface area contributed by atoms with Crippen LogP contribution in [-0.2, 0) is 20.0 Å².